The Morgan fingerprint density at radius 1 is 1.42 bits per heavy atom. The normalized spacial score (nSPS) is 22.6. The Balaban J connectivity index is 2.35. The van der Waals surface area contributed by atoms with Crippen LogP contribution in [0.3, 0.4) is 0 Å². The number of anilines is 1. The van der Waals surface area contributed by atoms with E-state index in [1.807, 2.05) is 0 Å². The number of hydrogen-bond donors (Lipinski definition) is 1. The molecule has 19 heavy (non-hydrogen) atoms. The Kier molecular flexibility index (Phi) is 4.11. The summed E-state index contributed by atoms with van der Waals surface area (Å²) in [4.78, 5) is 2.42. The van der Waals surface area contributed by atoms with Crippen LogP contribution >= 0.6 is 0 Å². The van der Waals surface area contributed by atoms with Crippen molar-refractivity contribution >= 4 is 5.69 Å². The van der Waals surface area contributed by atoms with Gasteiger partial charge in [-0.25, -0.2) is 0 Å². The van der Waals surface area contributed by atoms with Crippen molar-refractivity contribution in [1.82, 2.24) is 5.32 Å². The third kappa shape index (κ3) is 3.27. The highest BCUT2D eigenvalue weighted by Gasteiger charge is 2.30. The molecule has 0 spiro atoms. The molecule has 0 aliphatic carbocycles. The number of nitriles is 1. The maximum atomic E-state index is 9.07. The van der Waals surface area contributed by atoms with Crippen molar-refractivity contribution in [3.63, 3.8) is 0 Å². The Bertz CT molecular complexity index is 473. The van der Waals surface area contributed by atoms with Gasteiger partial charge in [-0.2, -0.15) is 5.26 Å². The van der Waals surface area contributed by atoms with E-state index in [-0.39, 0.29) is 11.5 Å². The number of nitrogens with one attached hydrogen (secondary N) is 1. The van der Waals surface area contributed by atoms with Crippen LogP contribution in [0, 0.1) is 23.7 Å². The summed E-state index contributed by atoms with van der Waals surface area (Å²) in [6.45, 7) is 9.56. The average Bonchev–Trinajstić information content (AvgIpc) is 2.49. The largest absolute Gasteiger partial charge is 0.365 e. The quantitative estimate of drug-likeness (QED) is 0.885. The van der Waals surface area contributed by atoms with Gasteiger partial charge in [0.25, 0.3) is 0 Å². The lowest BCUT2D eigenvalue weighted by molar-refractivity contribution is 0.369. The van der Waals surface area contributed by atoms with Crippen LogP contribution in [0.4, 0.5) is 5.69 Å². The van der Waals surface area contributed by atoms with Crippen LogP contribution in [0.5, 0.6) is 0 Å². The summed E-state index contributed by atoms with van der Waals surface area (Å²) >= 11 is 0. The van der Waals surface area contributed by atoms with Gasteiger partial charge in [0.15, 0.2) is 0 Å². The lowest BCUT2D eigenvalue weighted by Crippen LogP contribution is -2.42. The van der Waals surface area contributed by atoms with Gasteiger partial charge < -0.3 is 10.2 Å². The number of rotatable bonds is 2. The molecule has 1 N–H and O–H groups in total. The topological polar surface area (TPSA) is 39.1 Å². The molecule has 3 nitrogen and oxygen atoms in total. The fourth-order valence-corrected chi connectivity index (χ4v) is 2.79. The van der Waals surface area contributed by atoms with Crippen LogP contribution in [0.2, 0.25) is 0 Å². The molecule has 1 aromatic rings. The number of aryl methyl sites for hydroxylation is 1. The van der Waals surface area contributed by atoms with Gasteiger partial charge in [0.2, 0.25) is 0 Å². The lowest BCUT2D eigenvalue weighted by Gasteiger charge is -2.36. The second kappa shape index (κ2) is 5.63. The molecule has 1 heterocycles. The van der Waals surface area contributed by atoms with Crippen LogP contribution in [-0.4, -0.2) is 25.7 Å². The number of benzene rings is 1. The highest BCUT2D eigenvalue weighted by Crippen LogP contribution is 2.29. The lowest BCUT2D eigenvalue weighted by atomic mass is 9.92. The third-order valence-electron chi connectivity index (χ3n) is 3.77. The predicted octanol–water partition coefficient (Wildman–Crippen LogP) is 2.71. The van der Waals surface area contributed by atoms with Crippen LogP contribution in [0.25, 0.3) is 0 Å². The molecular formula is C16H23N3. The molecule has 2 rings (SSSR count). The molecule has 0 aromatic heterocycles. The van der Waals surface area contributed by atoms with Gasteiger partial charge in [-0.15, -0.1) is 0 Å². The zero-order chi connectivity index (χ0) is 13.9. The van der Waals surface area contributed by atoms with Gasteiger partial charge in [-0.1, -0.05) is 32.0 Å². The van der Waals surface area contributed by atoms with Gasteiger partial charge in [0, 0.05) is 25.3 Å². The van der Waals surface area contributed by atoms with E-state index in [0.717, 1.165) is 19.6 Å². The van der Waals surface area contributed by atoms with E-state index in [1.165, 1.54) is 11.3 Å². The summed E-state index contributed by atoms with van der Waals surface area (Å²) in [5, 5.41) is 12.6. The van der Waals surface area contributed by atoms with Crippen molar-refractivity contribution in [1.29, 1.82) is 5.26 Å². The summed E-state index contributed by atoms with van der Waals surface area (Å²) in [7, 11) is 0. The van der Waals surface area contributed by atoms with E-state index < -0.39 is 0 Å². The zero-order valence-corrected chi connectivity index (χ0v) is 12.1. The third-order valence-corrected chi connectivity index (χ3v) is 3.77. The first-order chi connectivity index (χ1) is 9.03. The van der Waals surface area contributed by atoms with Crippen molar-refractivity contribution in [3.05, 3.63) is 29.8 Å². The van der Waals surface area contributed by atoms with Crippen molar-refractivity contribution in [2.45, 2.75) is 33.2 Å². The SMILES string of the molecule is Cc1ccccc1N1CC(C)(C)CNCC1CC#N. The van der Waals surface area contributed by atoms with Crippen molar-refractivity contribution < 1.29 is 0 Å². The molecule has 1 unspecified atom stereocenters. The molecule has 1 aliphatic rings. The monoisotopic (exact) mass is 257 g/mol. The van der Waals surface area contributed by atoms with Gasteiger partial charge in [0.05, 0.1) is 18.5 Å². The molecule has 1 aromatic carbocycles. The summed E-state index contributed by atoms with van der Waals surface area (Å²) in [5.74, 6) is 0. The predicted molar refractivity (Wildman–Crippen MR) is 79.2 cm³/mol. The van der Waals surface area contributed by atoms with Gasteiger partial charge >= 0.3 is 0 Å². The second-order valence-corrected chi connectivity index (χ2v) is 6.23. The average molecular weight is 257 g/mol. The number of para-hydroxylation sites is 1. The van der Waals surface area contributed by atoms with Crippen LogP contribution in [-0.2, 0) is 0 Å². The minimum Gasteiger partial charge on any atom is -0.365 e. The first-order valence-electron chi connectivity index (χ1n) is 6.93. The summed E-state index contributed by atoms with van der Waals surface area (Å²) in [5.41, 5.74) is 2.76. The second-order valence-electron chi connectivity index (χ2n) is 6.23. The molecule has 0 saturated carbocycles. The standard InChI is InChI=1S/C16H23N3/c1-13-6-4-5-7-15(13)19-12-16(2,3)11-18-10-14(19)8-9-17/h4-7,14,18H,8,10-12H2,1-3H3. The fraction of sp³-hybridized carbons (Fsp3) is 0.562. The first-order valence-corrected chi connectivity index (χ1v) is 6.93. The Morgan fingerprint density at radius 3 is 2.84 bits per heavy atom. The maximum Gasteiger partial charge on any atom is 0.0643 e. The summed E-state index contributed by atoms with van der Waals surface area (Å²) in [6.07, 6.45) is 0.567. The molecule has 1 saturated heterocycles. The van der Waals surface area contributed by atoms with Gasteiger partial charge in [0.1, 0.15) is 0 Å². The minimum absolute atomic E-state index is 0.215. The molecule has 0 radical (unpaired) electrons. The molecule has 1 fully saturated rings. The molecule has 1 aliphatic heterocycles. The smallest absolute Gasteiger partial charge is 0.0643 e. The van der Waals surface area contributed by atoms with E-state index in [2.05, 4.69) is 61.3 Å². The fourth-order valence-electron chi connectivity index (χ4n) is 2.79. The molecule has 1 atom stereocenters. The van der Waals surface area contributed by atoms with Crippen molar-refractivity contribution in [2.24, 2.45) is 5.41 Å². The van der Waals surface area contributed by atoms with E-state index in [9.17, 15) is 0 Å². The molecule has 3 heteroatoms. The molecule has 102 valence electrons. The molecule has 0 bridgehead atoms. The van der Waals surface area contributed by atoms with E-state index in [4.69, 9.17) is 5.26 Å². The molecule has 0 amide bonds. The summed E-state index contributed by atoms with van der Waals surface area (Å²) < 4.78 is 0. The highest BCUT2D eigenvalue weighted by atomic mass is 15.2. The zero-order valence-electron chi connectivity index (χ0n) is 12.1. The van der Waals surface area contributed by atoms with Gasteiger partial charge in [-0.05, 0) is 24.0 Å². The number of nitrogens with zero attached hydrogens (tertiary/aromatic N) is 2. The Morgan fingerprint density at radius 2 is 2.16 bits per heavy atom. The van der Waals surface area contributed by atoms with E-state index in [0.29, 0.717) is 6.42 Å². The van der Waals surface area contributed by atoms with Crippen molar-refractivity contribution in [3.8, 4) is 6.07 Å². The number of hydrogen-bond acceptors (Lipinski definition) is 3. The first kappa shape index (κ1) is 13.9. The highest BCUT2D eigenvalue weighted by molar-refractivity contribution is 5.54. The van der Waals surface area contributed by atoms with Crippen LogP contribution in [0.1, 0.15) is 25.8 Å². The van der Waals surface area contributed by atoms with Crippen molar-refractivity contribution in [2.75, 3.05) is 24.5 Å². The maximum absolute atomic E-state index is 9.07. The van der Waals surface area contributed by atoms with Gasteiger partial charge in [-0.3, -0.25) is 0 Å². The van der Waals surface area contributed by atoms with E-state index in [1.54, 1.807) is 0 Å². The minimum atomic E-state index is 0.215. The summed E-state index contributed by atoms with van der Waals surface area (Å²) in [6, 6.07) is 11.0. The Labute approximate surface area is 116 Å². The van der Waals surface area contributed by atoms with Crippen LogP contribution in [0.15, 0.2) is 24.3 Å². The Hall–Kier alpha value is -1.53. The van der Waals surface area contributed by atoms with E-state index >= 15 is 0 Å². The molecular weight excluding hydrogens is 234 g/mol. The van der Waals surface area contributed by atoms with Crippen LogP contribution < -0.4 is 10.2 Å².